The van der Waals surface area contributed by atoms with Crippen molar-refractivity contribution in [3.63, 3.8) is 0 Å². The lowest BCUT2D eigenvalue weighted by Crippen LogP contribution is -2.51. The van der Waals surface area contributed by atoms with Gasteiger partial charge in [0.25, 0.3) is 5.91 Å². The van der Waals surface area contributed by atoms with Crippen molar-refractivity contribution >= 4 is 17.5 Å². The van der Waals surface area contributed by atoms with Gasteiger partial charge >= 0.3 is 0 Å². The van der Waals surface area contributed by atoms with E-state index in [2.05, 4.69) is 5.32 Å². The summed E-state index contributed by atoms with van der Waals surface area (Å²) >= 11 is 0. The lowest BCUT2D eigenvalue weighted by molar-refractivity contribution is -0.135. The van der Waals surface area contributed by atoms with E-state index in [0.717, 1.165) is 0 Å². The van der Waals surface area contributed by atoms with E-state index >= 15 is 0 Å². The number of carbonyl (C=O) groups excluding carboxylic acids is 2. The molecular weight excluding hydrogens is 368 g/mol. The standard InChI is InChI=1S/C20H21F2N3O3/c21-15-5-7-16(8-6-15)23-19(26)13-24-9-11-25(12-10-24)20(27)14-28-18-4-2-1-3-17(18)22/h1-8H,9-14H2,(H,23,26). The monoisotopic (exact) mass is 389 g/mol. The van der Waals surface area contributed by atoms with Gasteiger partial charge in [0.2, 0.25) is 5.91 Å². The SMILES string of the molecule is O=C(CN1CCN(C(=O)COc2ccccc2F)CC1)Nc1ccc(F)cc1. The number of hydrogen-bond donors (Lipinski definition) is 1. The first-order chi connectivity index (χ1) is 13.5. The number of nitrogens with one attached hydrogen (secondary N) is 1. The van der Waals surface area contributed by atoms with Crippen molar-refractivity contribution in [2.75, 3.05) is 44.6 Å². The van der Waals surface area contributed by atoms with Crippen LogP contribution in [-0.4, -0.2) is 60.9 Å². The first-order valence-corrected chi connectivity index (χ1v) is 8.94. The van der Waals surface area contributed by atoms with Crippen molar-refractivity contribution in [2.45, 2.75) is 0 Å². The van der Waals surface area contributed by atoms with E-state index in [4.69, 9.17) is 4.74 Å². The quantitative estimate of drug-likeness (QED) is 0.822. The molecule has 0 bridgehead atoms. The zero-order chi connectivity index (χ0) is 19.9. The number of rotatable bonds is 6. The number of benzene rings is 2. The number of nitrogens with zero attached hydrogens (tertiary/aromatic N) is 2. The number of para-hydroxylation sites is 1. The van der Waals surface area contributed by atoms with Gasteiger partial charge in [-0.25, -0.2) is 8.78 Å². The van der Waals surface area contributed by atoms with Gasteiger partial charge in [0.1, 0.15) is 5.82 Å². The first kappa shape index (κ1) is 19.8. The molecule has 2 aromatic rings. The molecule has 0 radical (unpaired) electrons. The normalized spacial score (nSPS) is 14.6. The van der Waals surface area contributed by atoms with E-state index in [-0.39, 0.29) is 36.5 Å². The topological polar surface area (TPSA) is 61.9 Å². The maximum absolute atomic E-state index is 13.5. The Balaban J connectivity index is 1.40. The van der Waals surface area contributed by atoms with E-state index in [1.807, 2.05) is 4.90 Å². The molecule has 1 N–H and O–H groups in total. The molecule has 0 unspecified atom stereocenters. The highest BCUT2D eigenvalue weighted by molar-refractivity contribution is 5.92. The predicted molar refractivity (Wildman–Crippen MR) is 99.9 cm³/mol. The van der Waals surface area contributed by atoms with E-state index in [0.29, 0.717) is 31.9 Å². The number of ether oxygens (including phenoxy) is 1. The molecule has 1 saturated heterocycles. The summed E-state index contributed by atoms with van der Waals surface area (Å²) in [5.74, 6) is -1.25. The summed E-state index contributed by atoms with van der Waals surface area (Å²) in [5.41, 5.74) is 0.533. The molecule has 2 aromatic carbocycles. The van der Waals surface area contributed by atoms with Crippen LogP contribution in [0.25, 0.3) is 0 Å². The summed E-state index contributed by atoms with van der Waals surface area (Å²) in [4.78, 5) is 27.9. The number of piperazine rings is 1. The highest BCUT2D eigenvalue weighted by Gasteiger charge is 2.23. The van der Waals surface area contributed by atoms with Crippen LogP contribution in [0.15, 0.2) is 48.5 Å². The van der Waals surface area contributed by atoms with Gasteiger partial charge in [0.15, 0.2) is 18.2 Å². The predicted octanol–water partition coefficient (Wildman–Crippen LogP) is 2.13. The molecule has 1 aliphatic rings. The van der Waals surface area contributed by atoms with Gasteiger partial charge in [-0.05, 0) is 36.4 Å². The van der Waals surface area contributed by atoms with Crippen LogP contribution < -0.4 is 10.1 Å². The summed E-state index contributed by atoms with van der Waals surface area (Å²) < 4.78 is 31.7. The second-order valence-electron chi connectivity index (χ2n) is 6.43. The molecule has 28 heavy (non-hydrogen) atoms. The fourth-order valence-electron chi connectivity index (χ4n) is 2.88. The first-order valence-electron chi connectivity index (χ1n) is 8.94. The lowest BCUT2D eigenvalue weighted by atomic mass is 10.3. The van der Waals surface area contributed by atoms with Crippen molar-refractivity contribution in [3.05, 3.63) is 60.2 Å². The van der Waals surface area contributed by atoms with Gasteiger partial charge in [-0.3, -0.25) is 14.5 Å². The van der Waals surface area contributed by atoms with Gasteiger partial charge in [0, 0.05) is 31.9 Å². The van der Waals surface area contributed by atoms with Crippen molar-refractivity contribution < 1.29 is 23.1 Å². The third-order valence-corrected chi connectivity index (χ3v) is 4.41. The Bertz CT molecular complexity index is 822. The lowest BCUT2D eigenvalue weighted by Gasteiger charge is -2.34. The number of anilines is 1. The molecule has 3 rings (SSSR count). The maximum atomic E-state index is 13.5. The largest absolute Gasteiger partial charge is 0.481 e. The Morgan fingerprint density at radius 3 is 2.32 bits per heavy atom. The van der Waals surface area contributed by atoms with Crippen molar-refractivity contribution in [3.8, 4) is 5.75 Å². The summed E-state index contributed by atoms with van der Waals surface area (Å²) in [7, 11) is 0. The van der Waals surface area contributed by atoms with Gasteiger partial charge in [0.05, 0.1) is 6.54 Å². The second kappa shape index (κ2) is 9.27. The zero-order valence-corrected chi connectivity index (χ0v) is 15.2. The molecule has 2 amide bonds. The van der Waals surface area contributed by atoms with Crippen LogP contribution in [0.3, 0.4) is 0 Å². The Morgan fingerprint density at radius 2 is 1.64 bits per heavy atom. The number of hydrogen-bond acceptors (Lipinski definition) is 4. The van der Waals surface area contributed by atoms with Crippen molar-refractivity contribution in [2.24, 2.45) is 0 Å². The molecule has 0 aliphatic carbocycles. The minimum atomic E-state index is -0.507. The van der Waals surface area contributed by atoms with Crippen LogP contribution >= 0.6 is 0 Å². The molecule has 1 heterocycles. The minimum Gasteiger partial charge on any atom is -0.481 e. The summed E-state index contributed by atoms with van der Waals surface area (Å²) in [6.07, 6.45) is 0. The van der Waals surface area contributed by atoms with Crippen LogP contribution in [0, 0.1) is 11.6 Å². The molecule has 1 aliphatic heterocycles. The van der Waals surface area contributed by atoms with Crippen LogP contribution in [-0.2, 0) is 9.59 Å². The zero-order valence-electron chi connectivity index (χ0n) is 15.2. The third kappa shape index (κ3) is 5.50. The Morgan fingerprint density at radius 1 is 0.964 bits per heavy atom. The Hall–Kier alpha value is -3.00. The van der Waals surface area contributed by atoms with Crippen molar-refractivity contribution in [1.29, 1.82) is 0 Å². The molecule has 1 fully saturated rings. The Kier molecular flexibility index (Phi) is 6.54. The van der Waals surface area contributed by atoms with Crippen molar-refractivity contribution in [1.82, 2.24) is 9.80 Å². The van der Waals surface area contributed by atoms with Gasteiger partial charge in [-0.2, -0.15) is 0 Å². The molecule has 6 nitrogen and oxygen atoms in total. The van der Waals surface area contributed by atoms with Gasteiger partial charge in [-0.15, -0.1) is 0 Å². The highest BCUT2D eigenvalue weighted by Crippen LogP contribution is 2.15. The molecule has 0 aromatic heterocycles. The molecule has 148 valence electrons. The molecular formula is C20H21F2N3O3. The smallest absolute Gasteiger partial charge is 0.260 e. The van der Waals surface area contributed by atoms with Crippen LogP contribution in [0.2, 0.25) is 0 Å². The average molecular weight is 389 g/mol. The number of halogens is 2. The van der Waals surface area contributed by atoms with E-state index in [1.54, 1.807) is 17.0 Å². The van der Waals surface area contributed by atoms with E-state index in [1.165, 1.54) is 36.4 Å². The fourth-order valence-corrected chi connectivity index (χ4v) is 2.88. The van der Waals surface area contributed by atoms with Crippen LogP contribution in [0.4, 0.5) is 14.5 Å². The Labute approximate surface area is 161 Å². The summed E-state index contributed by atoms with van der Waals surface area (Å²) in [6.45, 7) is 1.97. The third-order valence-electron chi connectivity index (χ3n) is 4.41. The molecule has 0 saturated carbocycles. The fraction of sp³-hybridized carbons (Fsp3) is 0.300. The number of amides is 2. The molecule has 0 spiro atoms. The van der Waals surface area contributed by atoms with Crippen LogP contribution in [0.5, 0.6) is 5.75 Å². The highest BCUT2D eigenvalue weighted by atomic mass is 19.1. The molecule has 8 heteroatoms. The van der Waals surface area contributed by atoms with E-state index in [9.17, 15) is 18.4 Å². The van der Waals surface area contributed by atoms with Crippen LogP contribution in [0.1, 0.15) is 0 Å². The summed E-state index contributed by atoms with van der Waals surface area (Å²) in [6, 6.07) is 11.5. The average Bonchev–Trinajstić information content (AvgIpc) is 2.69. The van der Waals surface area contributed by atoms with Gasteiger partial charge < -0.3 is 15.0 Å². The minimum absolute atomic E-state index is 0.0481. The number of carbonyl (C=O) groups is 2. The van der Waals surface area contributed by atoms with Gasteiger partial charge in [-0.1, -0.05) is 12.1 Å². The maximum Gasteiger partial charge on any atom is 0.260 e. The second-order valence-corrected chi connectivity index (χ2v) is 6.43. The molecule has 0 atom stereocenters. The summed E-state index contributed by atoms with van der Waals surface area (Å²) in [5, 5.41) is 2.71. The van der Waals surface area contributed by atoms with E-state index < -0.39 is 5.82 Å².